The minimum Gasteiger partial charge on any atom is -0.371 e. The summed E-state index contributed by atoms with van der Waals surface area (Å²) in [5.41, 5.74) is 0.990. The van der Waals surface area contributed by atoms with Crippen LogP contribution in [0.4, 0.5) is 11.4 Å². The van der Waals surface area contributed by atoms with Crippen LogP contribution < -0.4 is 10.0 Å². The highest BCUT2D eigenvalue weighted by Gasteiger charge is 2.28. The lowest BCUT2D eigenvalue weighted by Gasteiger charge is -2.32. The second-order valence-corrected chi connectivity index (χ2v) is 9.37. The molecule has 1 amide bonds. The second kappa shape index (κ2) is 9.40. The number of piperidine rings is 1. The lowest BCUT2D eigenvalue weighted by molar-refractivity contribution is -0.384. The monoisotopic (exact) mass is 447 g/mol. The summed E-state index contributed by atoms with van der Waals surface area (Å²) in [7, 11) is -3.39. The van der Waals surface area contributed by atoms with Crippen LogP contribution in [0.2, 0.25) is 0 Å². The number of pyridine rings is 1. The van der Waals surface area contributed by atoms with E-state index in [2.05, 4.69) is 15.0 Å². The molecule has 2 heterocycles. The van der Waals surface area contributed by atoms with Crippen LogP contribution in [0.25, 0.3) is 0 Å². The van der Waals surface area contributed by atoms with E-state index in [4.69, 9.17) is 0 Å². The predicted molar refractivity (Wildman–Crippen MR) is 116 cm³/mol. The first-order chi connectivity index (χ1) is 14.6. The second-order valence-electron chi connectivity index (χ2n) is 7.59. The summed E-state index contributed by atoms with van der Waals surface area (Å²) in [4.78, 5) is 29.8. The zero-order chi connectivity index (χ0) is 22.6. The van der Waals surface area contributed by atoms with Gasteiger partial charge in [-0.1, -0.05) is 6.07 Å². The number of benzene rings is 1. The van der Waals surface area contributed by atoms with Crippen molar-refractivity contribution in [1.82, 2.24) is 14.6 Å². The van der Waals surface area contributed by atoms with E-state index < -0.39 is 14.9 Å². The molecule has 3 rings (SSSR count). The Morgan fingerprint density at radius 1 is 1.32 bits per heavy atom. The molecule has 166 valence electrons. The van der Waals surface area contributed by atoms with E-state index in [1.165, 1.54) is 23.1 Å². The third-order valence-electron chi connectivity index (χ3n) is 5.03. The zero-order valence-corrected chi connectivity index (χ0v) is 18.1. The first-order valence-corrected chi connectivity index (χ1v) is 11.8. The van der Waals surface area contributed by atoms with E-state index in [0.29, 0.717) is 19.4 Å². The van der Waals surface area contributed by atoms with Crippen molar-refractivity contribution in [2.45, 2.75) is 31.8 Å². The van der Waals surface area contributed by atoms with E-state index in [9.17, 15) is 23.3 Å². The van der Waals surface area contributed by atoms with Crippen LogP contribution in [0.15, 0.2) is 42.6 Å². The number of nitrogens with one attached hydrogen (secondary N) is 2. The molecular weight excluding hydrogens is 422 g/mol. The molecule has 0 saturated carbocycles. The largest absolute Gasteiger partial charge is 0.371 e. The van der Waals surface area contributed by atoms with E-state index >= 15 is 0 Å². The number of aromatic nitrogens is 1. The predicted octanol–water partition coefficient (Wildman–Crippen LogP) is 2.32. The lowest BCUT2D eigenvalue weighted by Crippen LogP contribution is -2.49. The minimum atomic E-state index is -3.39. The van der Waals surface area contributed by atoms with Crippen molar-refractivity contribution < 1.29 is 18.1 Å². The Hall–Kier alpha value is -3.05. The van der Waals surface area contributed by atoms with Gasteiger partial charge in [-0.2, -0.15) is 0 Å². The van der Waals surface area contributed by atoms with Crippen LogP contribution in [-0.2, 0) is 10.0 Å². The van der Waals surface area contributed by atoms with Crippen LogP contribution in [-0.4, -0.2) is 54.5 Å². The van der Waals surface area contributed by atoms with E-state index in [0.717, 1.165) is 11.9 Å². The number of carbonyl (C=O) groups is 1. The summed E-state index contributed by atoms with van der Waals surface area (Å²) in [5, 5.41) is 14.7. The number of sulfonamides is 1. The molecule has 11 heteroatoms. The summed E-state index contributed by atoms with van der Waals surface area (Å²) in [5.74, 6) is -0.368. The number of nitro benzene ring substituents is 1. The topological polar surface area (TPSA) is 135 Å². The van der Waals surface area contributed by atoms with Crippen molar-refractivity contribution in [2.24, 2.45) is 0 Å². The van der Waals surface area contributed by atoms with Crippen molar-refractivity contribution in [1.29, 1.82) is 0 Å². The van der Waals surface area contributed by atoms with Crippen LogP contribution in [0, 0.1) is 10.1 Å². The van der Waals surface area contributed by atoms with Crippen LogP contribution in [0.1, 0.15) is 41.9 Å². The molecule has 0 aliphatic carbocycles. The highest BCUT2D eigenvalue weighted by Crippen LogP contribution is 2.29. The molecule has 1 saturated heterocycles. The average molecular weight is 448 g/mol. The quantitative estimate of drug-likeness (QED) is 0.491. The molecule has 0 radical (unpaired) electrons. The molecule has 1 aliphatic heterocycles. The summed E-state index contributed by atoms with van der Waals surface area (Å²) in [6.07, 6.45) is 4.00. The smallest absolute Gasteiger partial charge is 0.293 e. The number of anilines is 1. The number of nitro groups is 1. The fourth-order valence-electron chi connectivity index (χ4n) is 3.62. The Balaban J connectivity index is 1.78. The van der Waals surface area contributed by atoms with Crippen molar-refractivity contribution in [2.75, 3.05) is 24.7 Å². The van der Waals surface area contributed by atoms with Gasteiger partial charge < -0.3 is 10.2 Å². The molecule has 2 atom stereocenters. The molecule has 31 heavy (non-hydrogen) atoms. The first kappa shape index (κ1) is 22.6. The Morgan fingerprint density at radius 2 is 2.10 bits per heavy atom. The van der Waals surface area contributed by atoms with Gasteiger partial charge in [-0.3, -0.25) is 19.9 Å². The van der Waals surface area contributed by atoms with Gasteiger partial charge in [0.2, 0.25) is 10.0 Å². The molecule has 2 aromatic rings. The van der Waals surface area contributed by atoms with Gasteiger partial charge in [-0.25, -0.2) is 13.1 Å². The van der Waals surface area contributed by atoms with Crippen LogP contribution >= 0.6 is 0 Å². The molecule has 2 unspecified atom stereocenters. The third-order valence-corrected chi connectivity index (χ3v) is 5.80. The number of rotatable bonds is 7. The molecule has 1 aromatic carbocycles. The summed E-state index contributed by atoms with van der Waals surface area (Å²) < 4.78 is 25.5. The molecule has 1 fully saturated rings. The number of amides is 1. The van der Waals surface area contributed by atoms with Gasteiger partial charge >= 0.3 is 0 Å². The molecule has 2 N–H and O–H groups in total. The first-order valence-electron chi connectivity index (χ1n) is 9.86. The van der Waals surface area contributed by atoms with Crippen molar-refractivity contribution in [3.05, 3.63) is 64.0 Å². The summed E-state index contributed by atoms with van der Waals surface area (Å²) >= 11 is 0. The van der Waals surface area contributed by atoms with Gasteiger partial charge in [0.1, 0.15) is 5.69 Å². The Kier molecular flexibility index (Phi) is 6.86. The standard InChI is InChI=1S/C20H25N5O5S/c1-14(17-7-3-4-10-21-17)22-18-9-8-15(12-19(18)25(27)28)20(26)24-11-5-6-16(13-24)23-31(2,29)30/h3-4,7-10,12,14,16,22-23H,5-6,11,13H2,1-2H3. The molecular formula is C20H25N5O5S. The Labute approximate surface area is 180 Å². The van der Waals surface area contributed by atoms with Crippen molar-refractivity contribution in [3.8, 4) is 0 Å². The number of hydrogen-bond acceptors (Lipinski definition) is 7. The number of hydrogen-bond donors (Lipinski definition) is 2. The molecule has 10 nitrogen and oxygen atoms in total. The molecule has 1 aromatic heterocycles. The van der Waals surface area contributed by atoms with Gasteiger partial charge in [0.25, 0.3) is 11.6 Å². The van der Waals surface area contributed by atoms with Crippen LogP contribution in [0.5, 0.6) is 0 Å². The third kappa shape index (κ3) is 5.98. The van der Waals surface area contributed by atoms with E-state index in [1.807, 2.05) is 19.1 Å². The van der Waals surface area contributed by atoms with Crippen molar-refractivity contribution >= 4 is 27.3 Å². The SMILES string of the molecule is CC(Nc1ccc(C(=O)N2CCCC(NS(C)(=O)=O)C2)cc1[N+](=O)[O-])c1ccccn1. The summed E-state index contributed by atoms with van der Waals surface area (Å²) in [6.45, 7) is 2.52. The van der Waals surface area contributed by atoms with Crippen molar-refractivity contribution in [3.63, 3.8) is 0 Å². The Morgan fingerprint density at radius 3 is 2.74 bits per heavy atom. The van der Waals surface area contributed by atoms with E-state index in [-0.39, 0.29) is 41.5 Å². The number of carbonyl (C=O) groups excluding carboxylic acids is 1. The van der Waals surface area contributed by atoms with Crippen LogP contribution in [0.3, 0.4) is 0 Å². The van der Waals surface area contributed by atoms with Gasteiger partial charge in [0.15, 0.2) is 0 Å². The Bertz CT molecular complexity index is 1060. The number of likely N-dealkylation sites (tertiary alicyclic amines) is 1. The van der Waals surface area contributed by atoms with E-state index in [1.54, 1.807) is 12.3 Å². The molecule has 0 bridgehead atoms. The zero-order valence-electron chi connectivity index (χ0n) is 17.3. The van der Waals surface area contributed by atoms with Gasteiger partial charge in [-0.15, -0.1) is 0 Å². The maximum Gasteiger partial charge on any atom is 0.293 e. The molecule has 0 spiro atoms. The average Bonchev–Trinajstić information content (AvgIpc) is 2.73. The van der Waals surface area contributed by atoms with Gasteiger partial charge in [0.05, 0.1) is 22.9 Å². The lowest BCUT2D eigenvalue weighted by atomic mass is 10.0. The normalized spacial score (nSPS) is 17.7. The fourth-order valence-corrected chi connectivity index (χ4v) is 4.42. The number of nitrogens with zero attached hydrogens (tertiary/aromatic N) is 3. The van der Waals surface area contributed by atoms with Gasteiger partial charge in [0, 0.05) is 37.0 Å². The fraction of sp³-hybridized carbons (Fsp3) is 0.400. The van der Waals surface area contributed by atoms with Gasteiger partial charge in [-0.05, 0) is 44.0 Å². The maximum absolute atomic E-state index is 12.9. The minimum absolute atomic E-state index is 0.183. The maximum atomic E-state index is 12.9. The highest BCUT2D eigenvalue weighted by atomic mass is 32.2. The summed E-state index contributed by atoms with van der Waals surface area (Å²) in [6, 6.07) is 9.10. The molecule has 1 aliphatic rings. The highest BCUT2D eigenvalue weighted by molar-refractivity contribution is 7.88.